The third kappa shape index (κ3) is 25.1. The van der Waals surface area contributed by atoms with Crippen molar-refractivity contribution >= 4 is 17.9 Å². The maximum Gasteiger partial charge on any atom is 0.306 e. The lowest BCUT2D eigenvalue weighted by atomic mass is 10.0. The summed E-state index contributed by atoms with van der Waals surface area (Å²) in [7, 11) is 0. The minimum atomic E-state index is -0.808. The molecule has 6 rings (SSSR count). The van der Waals surface area contributed by atoms with Crippen LogP contribution in [0.2, 0.25) is 0 Å². The van der Waals surface area contributed by atoms with Crippen LogP contribution >= 0.6 is 0 Å². The number of esters is 3. The predicted molar refractivity (Wildman–Crippen MR) is 267 cm³/mol. The molecule has 0 amide bonds. The van der Waals surface area contributed by atoms with Gasteiger partial charge in [0.05, 0.1) is 73.2 Å². The fraction of sp³-hybridized carbons (Fsp3) is 0.947. The monoisotopic (exact) mass is 975 g/mol. The lowest BCUT2D eigenvalue weighted by Gasteiger charge is -2.18. The summed E-state index contributed by atoms with van der Waals surface area (Å²) in [6.07, 6.45) is 42.2. The van der Waals surface area contributed by atoms with Gasteiger partial charge in [-0.15, -0.1) is 0 Å². The van der Waals surface area contributed by atoms with Gasteiger partial charge in [0, 0.05) is 38.5 Å². The third-order valence-electron chi connectivity index (χ3n) is 15.6. The number of hydrogen-bond acceptors (Lipinski definition) is 12. The van der Waals surface area contributed by atoms with Crippen LogP contribution in [0.15, 0.2) is 0 Å². The van der Waals surface area contributed by atoms with E-state index in [0.717, 1.165) is 116 Å². The molecular formula is C57H98O12. The fourth-order valence-electron chi connectivity index (χ4n) is 10.6. The van der Waals surface area contributed by atoms with Gasteiger partial charge >= 0.3 is 17.9 Å². The molecule has 6 saturated heterocycles. The van der Waals surface area contributed by atoms with Crippen LogP contribution in [0.25, 0.3) is 0 Å². The molecule has 0 aromatic heterocycles. The highest BCUT2D eigenvalue weighted by Crippen LogP contribution is 2.42. The summed E-state index contributed by atoms with van der Waals surface area (Å²) < 4.78 is 51.8. The average molecular weight is 975 g/mol. The highest BCUT2D eigenvalue weighted by Gasteiger charge is 2.51. The molecule has 0 aromatic carbocycles. The van der Waals surface area contributed by atoms with Crippen molar-refractivity contribution in [1.82, 2.24) is 0 Å². The lowest BCUT2D eigenvalue weighted by molar-refractivity contribution is -0.167. The standard InChI is InChI=1S/C57H98O12/c1-4-6-8-9-15-22-30-44-45(65-44)31-23-18-14-21-28-36-57(60)64-43(40-61-55(58)34-26-19-12-10-16-24-32-47-51(67-47)38-50-46(66-50)29-7-5-2)41-62-56(59)35-27-20-13-11-17-25-33-48-52(68-48)39-54-53(69-54)37-49-42(3)63-49/h42-54H,4-41H2,1-3H3. The average Bonchev–Trinajstić information content (AvgIpc) is 4.07. The van der Waals surface area contributed by atoms with Crippen molar-refractivity contribution in [3.05, 3.63) is 0 Å². The summed E-state index contributed by atoms with van der Waals surface area (Å²) in [5.74, 6) is -0.948. The number of carbonyl (C=O) groups is 3. The van der Waals surface area contributed by atoms with Gasteiger partial charge in [0.15, 0.2) is 6.10 Å². The molecular weight excluding hydrogens is 877 g/mol. The molecule has 398 valence electrons. The Kier molecular flexibility index (Phi) is 26.5. The first-order valence-corrected chi connectivity index (χ1v) is 29.2. The Hall–Kier alpha value is -1.83. The molecule has 0 aliphatic carbocycles. The maximum atomic E-state index is 12.9. The van der Waals surface area contributed by atoms with Crippen molar-refractivity contribution in [3.8, 4) is 0 Å². The second kappa shape index (κ2) is 32.4. The Morgan fingerprint density at radius 1 is 0.348 bits per heavy atom. The van der Waals surface area contributed by atoms with Gasteiger partial charge in [-0.1, -0.05) is 155 Å². The molecule has 6 aliphatic rings. The Balaban J connectivity index is 0.754. The van der Waals surface area contributed by atoms with E-state index in [1.54, 1.807) is 0 Å². The van der Waals surface area contributed by atoms with E-state index in [-0.39, 0.29) is 31.1 Å². The van der Waals surface area contributed by atoms with Gasteiger partial charge in [-0.3, -0.25) is 14.4 Å². The summed E-state index contributed by atoms with van der Waals surface area (Å²) >= 11 is 0. The van der Waals surface area contributed by atoms with Gasteiger partial charge in [-0.25, -0.2) is 0 Å². The maximum absolute atomic E-state index is 12.9. The number of hydrogen-bond donors (Lipinski definition) is 0. The van der Waals surface area contributed by atoms with Gasteiger partial charge in [-0.05, 0) is 58.3 Å². The number of epoxide rings is 6. The normalized spacial score (nSPS) is 29.6. The summed E-state index contributed by atoms with van der Waals surface area (Å²) in [4.78, 5) is 38.4. The van der Waals surface area contributed by atoms with Crippen LogP contribution in [0.3, 0.4) is 0 Å². The van der Waals surface area contributed by atoms with Crippen LogP contribution in [-0.4, -0.2) is 110 Å². The van der Waals surface area contributed by atoms with Crippen molar-refractivity contribution in [2.24, 2.45) is 0 Å². The first-order chi connectivity index (χ1) is 33.8. The van der Waals surface area contributed by atoms with Gasteiger partial charge < -0.3 is 42.6 Å². The third-order valence-corrected chi connectivity index (χ3v) is 15.6. The van der Waals surface area contributed by atoms with E-state index in [2.05, 4.69) is 20.8 Å². The van der Waals surface area contributed by atoms with E-state index in [1.807, 2.05) is 0 Å². The van der Waals surface area contributed by atoms with Crippen LogP contribution in [0.4, 0.5) is 0 Å². The summed E-state index contributed by atoms with van der Waals surface area (Å²) in [5.41, 5.74) is 0. The van der Waals surface area contributed by atoms with Gasteiger partial charge in [0.25, 0.3) is 0 Å². The van der Waals surface area contributed by atoms with Crippen molar-refractivity contribution in [2.75, 3.05) is 13.2 Å². The van der Waals surface area contributed by atoms with Gasteiger partial charge in [0.2, 0.25) is 0 Å². The zero-order chi connectivity index (χ0) is 48.5. The Labute approximate surface area is 418 Å². The zero-order valence-electron chi connectivity index (χ0n) is 43.8. The van der Waals surface area contributed by atoms with E-state index in [4.69, 9.17) is 42.6 Å². The van der Waals surface area contributed by atoms with Gasteiger partial charge in [0.1, 0.15) is 13.2 Å². The molecule has 6 aliphatic heterocycles. The van der Waals surface area contributed by atoms with Crippen LogP contribution in [-0.2, 0) is 57.0 Å². The molecule has 12 heteroatoms. The Bertz CT molecular complexity index is 1430. The van der Waals surface area contributed by atoms with E-state index in [9.17, 15) is 14.4 Å². The number of carbonyl (C=O) groups excluding carboxylic acids is 3. The van der Waals surface area contributed by atoms with Crippen LogP contribution in [0.5, 0.6) is 0 Å². The molecule has 6 heterocycles. The zero-order valence-corrected chi connectivity index (χ0v) is 43.8. The Morgan fingerprint density at radius 3 is 1.04 bits per heavy atom. The second-order valence-electron chi connectivity index (χ2n) is 22.0. The molecule has 0 aromatic rings. The van der Waals surface area contributed by atoms with Crippen molar-refractivity contribution in [3.63, 3.8) is 0 Å². The van der Waals surface area contributed by atoms with E-state index < -0.39 is 6.10 Å². The summed E-state index contributed by atoms with van der Waals surface area (Å²) in [5, 5.41) is 0. The molecule has 6 fully saturated rings. The number of ether oxygens (including phenoxy) is 9. The van der Waals surface area contributed by atoms with Crippen molar-refractivity contribution in [2.45, 2.75) is 331 Å². The minimum absolute atomic E-state index is 0.103. The first-order valence-electron chi connectivity index (χ1n) is 29.2. The number of rotatable bonds is 47. The van der Waals surface area contributed by atoms with E-state index in [0.29, 0.717) is 92.5 Å². The molecule has 12 nitrogen and oxygen atoms in total. The molecule has 0 saturated carbocycles. The highest BCUT2D eigenvalue weighted by molar-refractivity contribution is 5.71. The molecule has 69 heavy (non-hydrogen) atoms. The molecule has 0 spiro atoms. The van der Waals surface area contributed by atoms with E-state index in [1.165, 1.54) is 96.3 Å². The number of unbranched alkanes of at least 4 members (excludes halogenated alkanes) is 20. The summed E-state index contributed by atoms with van der Waals surface area (Å²) in [6, 6.07) is 0. The molecule has 13 atom stereocenters. The SMILES string of the molecule is CCCCCCCCC1OC1CCCCCCCC(=O)OC(COC(=O)CCCCCCCCC1OC1CC1OC1CCCC)COC(=O)CCCCCCCCC1OC1CC1OC1CC1OC1C. The van der Waals surface area contributed by atoms with Gasteiger partial charge in [-0.2, -0.15) is 0 Å². The minimum Gasteiger partial charge on any atom is -0.462 e. The highest BCUT2D eigenvalue weighted by atomic mass is 16.6. The fourth-order valence-corrected chi connectivity index (χ4v) is 10.6. The smallest absolute Gasteiger partial charge is 0.306 e. The molecule has 0 bridgehead atoms. The first kappa shape index (κ1) is 56.5. The second-order valence-corrected chi connectivity index (χ2v) is 22.0. The van der Waals surface area contributed by atoms with Crippen LogP contribution in [0.1, 0.15) is 252 Å². The quantitative estimate of drug-likeness (QED) is 0.0247. The van der Waals surface area contributed by atoms with Crippen LogP contribution < -0.4 is 0 Å². The lowest BCUT2D eigenvalue weighted by Crippen LogP contribution is -2.30. The molecule has 0 N–H and O–H groups in total. The Morgan fingerprint density at radius 2 is 0.638 bits per heavy atom. The largest absolute Gasteiger partial charge is 0.462 e. The van der Waals surface area contributed by atoms with E-state index >= 15 is 0 Å². The van der Waals surface area contributed by atoms with Crippen molar-refractivity contribution < 1.29 is 57.0 Å². The summed E-state index contributed by atoms with van der Waals surface area (Å²) in [6.45, 7) is 6.40. The van der Waals surface area contributed by atoms with Crippen molar-refractivity contribution in [1.29, 1.82) is 0 Å². The predicted octanol–water partition coefficient (Wildman–Crippen LogP) is 12.7. The topological polar surface area (TPSA) is 154 Å². The van der Waals surface area contributed by atoms with Crippen LogP contribution in [0, 0.1) is 0 Å². The molecule has 0 radical (unpaired) electrons. The molecule has 13 unspecified atom stereocenters.